The first-order valence-electron chi connectivity index (χ1n) is 8.59. The van der Waals surface area contributed by atoms with E-state index >= 15 is 0 Å². The average molecular weight is 417 g/mol. The molecule has 146 valence electrons. The van der Waals surface area contributed by atoms with Gasteiger partial charge in [0.15, 0.2) is 9.84 Å². The van der Waals surface area contributed by atoms with Crippen molar-refractivity contribution in [2.75, 3.05) is 6.54 Å². The summed E-state index contributed by atoms with van der Waals surface area (Å²) in [5.74, 6) is -0.223. The van der Waals surface area contributed by atoms with Gasteiger partial charge in [-0.3, -0.25) is 4.98 Å². The largest absolute Gasteiger partial charge is 0.264 e. The van der Waals surface area contributed by atoms with E-state index < -0.39 is 25.1 Å². The van der Waals surface area contributed by atoms with E-state index in [0.717, 1.165) is 0 Å². The smallest absolute Gasteiger partial charge is 0.215 e. The van der Waals surface area contributed by atoms with Crippen molar-refractivity contribution in [3.05, 3.63) is 96.3 Å². The lowest BCUT2D eigenvalue weighted by Gasteiger charge is -2.19. The van der Waals surface area contributed by atoms with Gasteiger partial charge in [-0.05, 0) is 29.3 Å². The fraction of sp³-hybridized carbons (Fsp3) is 0.150. The Hall–Kier alpha value is -2.55. The van der Waals surface area contributed by atoms with Crippen molar-refractivity contribution >= 4 is 19.9 Å². The fourth-order valence-corrected chi connectivity index (χ4v) is 5.72. The first kappa shape index (κ1) is 20.2. The van der Waals surface area contributed by atoms with Crippen LogP contribution in [0.5, 0.6) is 0 Å². The SMILES string of the molecule is O=S(=O)(Cc1ccccc1)NC[C@H](c1cccnc1)S(=O)(=O)c1ccccc1. The summed E-state index contributed by atoms with van der Waals surface area (Å²) in [5.41, 5.74) is 1.05. The van der Waals surface area contributed by atoms with Gasteiger partial charge >= 0.3 is 0 Å². The predicted octanol–water partition coefficient (Wildman–Crippen LogP) is 2.72. The van der Waals surface area contributed by atoms with Gasteiger partial charge in [0.2, 0.25) is 10.0 Å². The lowest BCUT2D eigenvalue weighted by Crippen LogP contribution is -2.32. The highest BCUT2D eigenvalue weighted by Crippen LogP contribution is 2.28. The first-order chi connectivity index (χ1) is 13.4. The van der Waals surface area contributed by atoms with Gasteiger partial charge in [0.25, 0.3) is 0 Å². The Morgan fingerprint density at radius 1 is 0.821 bits per heavy atom. The van der Waals surface area contributed by atoms with Crippen molar-refractivity contribution in [3.8, 4) is 0 Å². The molecule has 1 N–H and O–H groups in total. The highest BCUT2D eigenvalue weighted by atomic mass is 32.2. The molecule has 1 aromatic heterocycles. The molecule has 0 radical (unpaired) electrons. The van der Waals surface area contributed by atoms with Crippen molar-refractivity contribution in [1.29, 1.82) is 0 Å². The van der Waals surface area contributed by atoms with E-state index in [1.807, 2.05) is 0 Å². The molecule has 3 rings (SSSR count). The number of nitrogens with zero attached hydrogens (tertiary/aromatic N) is 1. The second-order valence-corrected chi connectivity index (χ2v) is 10.2. The number of aromatic nitrogens is 1. The lowest BCUT2D eigenvalue weighted by molar-refractivity contribution is 0.568. The number of nitrogens with one attached hydrogen (secondary N) is 1. The molecule has 0 saturated heterocycles. The van der Waals surface area contributed by atoms with Gasteiger partial charge < -0.3 is 0 Å². The zero-order valence-corrected chi connectivity index (χ0v) is 16.6. The van der Waals surface area contributed by atoms with Gasteiger partial charge in [0.1, 0.15) is 5.25 Å². The Balaban J connectivity index is 1.87. The van der Waals surface area contributed by atoms with Gasteiger partial charge in [0, 0.05) is 18.9 Å². The van der Waals surface area contributed by atoms with Crippen LogP contribution in [0.25, 0.3) is 0 Å². The van der Waals surface area contributed by atoms with E-state index in [1.54, 1.807) is 60.7 Å². The van der Waals surface area contributed by atoms with Crippen LogP contribution in [-0.2, 0) is 25.6 Å². The van der Waals surface area contributed by atoms with Crippen molar-refractivity contribution in [1.82, 2.24) is 9.71 Å². The average Bonchev–Trinajstić information content (AvgIpc) is 2.70. The molecule has 6 nitrogen and oxygen atoms in total. The molecule has 0 spiro atoms. The number of pyridine rings is 1. The van der Waals surface area contributed by atoms with Crippen LogP contribution in [0.2, 0.25) is 0 Å². The quantitative estimate of drug-likeness (QED) is 0.609. The maximum Gasteiger partial charge on any atom is 0.215 e. The second-order valence-electron chi connectivity index (χ2n) is 6.23. The Morgan fingerprint density at radius 3 is 2.07 bits per heavy atom. The molecule has 0 aliphatic rings. The van der Waals surface area contributed by atoms with Crippen LogP contribution in [0.15, 0.2) is 90.1 Å². The topological polar surface area (TPSA) is 93.2 Å². The predicted molar refractivity (Wildman–Crippen MR) is 108 cm³/mol. The molecule has 0 unspecified atom stereocenters. The molecule has 2 aromatic carbocycles. The highest BCUT2D eigenvalue weighted by Gasteiger charge is 2.30. The van der Waals surface area contributed by atoms with Gasteiger partial charge in [-0.15, -0.1) is 0 Å². The third-order valence-corrected chi connectivity index (χ3v) is 7.63. The minimum atomic E-state index is -3.82. The van der Waals surface area contributed by atoms with E-state index in [1.165, 1.54) is 24.5 Å². The fourth-order valence-electron chi connectivity index (χ4n) is 2.79. The molecule has 1 heterocycles. The third-order valence-electron chi connectivity index (χ3n) is 4.19. The van der Waals surface area contributed by atoms with Crippen LogP contribution in [0.4, 0.5) is 0 Å². The Bertz CT molecular complexity index is 1100. The summed E-state index contributed by atoms with van der Waals surface area (Å²) >= 11 is 0. The molecule has 0 aliphatic heterocycles. The standard InChI is InChI=1S/C20H20N2O4S2/c23-27(24,16-17-8-3-1-4-9-17)22-15-20(18-10-7-13-21-14-18)28(25,26)19-11-5-2-6-12-19/h1-14,20,22H,15-16H2/t20-/m1/s1. The van der Waals surface area contributed by atoms with Gasteiger partial charge in [-0.2, -0.15) is 0 Å². The summed E-state index contributed by atoms with van der Waals surface area (Å²) in [6.45, 7) is -0.280. The Kier molecular flexibility index (Phi) is 6.23. The summed E-state index contributed by atoms with van der Waals surface area (Å²) in [4.78, 5) is 4.11. The molecular weight excluding hydrogens is 396 g/mol. The molecule has 3 aromatic rings. The van der Waals surface area contributed by atoms with Crippen LogP contribution in [0, 0.1) is 0 Å². The normalized spacial score (nSPS) is 13.1. The molecule has 0 aliphatic carbocycles. The molecule has 1 atom stereocenters. The molecule has 0 bridgehead atoms. The molecule has 0 amide bonds. The molecular formula is C20H20N2O4S2. The van der Waals surface area contributed by atoms with Gasteiger partial charge in [-0.1, -0.05) is 54.6 Å². The molecule has 8 heteroatoms. The van der Waals surface area contributed by atoms with E-state index in [-0.39, 0.29) is 17.2 Å². The monoisotopic (exact) mass is 416 g/mol. The van der Waals surface area contributed by atoms with E-state index in [0.29, 0.717) is 11.1 Å². The van der Waals surface area contributed by atoms with Crippen molar-refractivity contribution in [2.45, 2.75) is 15.9 Å². The Morgan fingerprint density at radius 2 is 1.46 bits per heavy atom. The van der Waals surface area contributed by atoms with Gasteiger partial charge in [0.05, 0.1) is 10.6 Å². The van der Waals surface area contributed by atoms with Crippen molar-refractivity contribution < 1.29 is 16.8 Å². The zero-order valence-electron chi connectivity index (χ0n) is 15.0. The van der Waals surface area contributed by atoms with Crippen molar-refractivity contribution in [2.24, 2.45) is 0 Å². The van der Waals surface area contributed by atoms with Crippen LogP contribution in [-0.4, -0.2) is 28.4 Å². The molecule has 28 heavy (non-hydrogen) atoms. The van der Waals surface area contributed by atoms with Crippen molar-refractivity contribution in [3.63, 3.8) is 0 Å². The summed E-state index contributed by atoms with van der Waals surface area (Å²) in [5, 5.41) is -1.09. The maximum absolute atomic E-state index is 13.1. The Labute approximate surface area is 165 Å². The van der Waals surface area contributed by atoms with Crippen LogP contribution in [0.1, 0.15) is 16.4 Å². The maximum atomic E-state index is 13.1. The number of sulfone groups is 1. The molecule has 0 fully saturated rings. The summed E-state index contributed by atoms with van der Waals surface area (Å²) in [6.07, 6.45) is 2.98. The van der Waals surface area contributed by atoms with E-state index in [2.05, 4.69) is 9.71 Å². The second kappa shape index (κ2) is 8.64. The van der Waals surface area contributed by atoms with Crippen LogP contribution in [0.3, 0.4) is 0 Å². The minimum absolute atomic E-state index is 0.131. The summed E-state index contributed by atoms with van der Waals surface area (Å²) in [7, 11) is -7.53. The number of hydrogen-bond donors (Lipinski definition) is 1. The number of sulfonamides is 1. The number of hydrogen-bond acceptors (Lipinski definition) is 5. The highest BCUT2D eigenvalue weighted by molar-refractivity contribution is 7.92. The third kappa shape index (κ3) is 5.03. The van der Waals surface area contributed by atoms with E-state index in [4.69, 9.17) is 0 Å². The summed E-state index contributed by atoms with van der Waals surface area (Å²) < 4.78 is 53.7. The zero-order chi connectivity index (χ0) is 20.0. The van der Waals surface area contributed by atoms with Gasteiger partial charge in [-0.25, -0.2) is 21.6 Å². The summed E-state index contributed by atoms with van der Waals surface area (Å²) in [6, 6.07) is 20.0. The molecule has 0 saturated carbocycles. The lowest BCUT2D eigenvalue weighted by atomic mass is 10.2. The van der Waals surface area contributed by atoms with E-state index in [9.17, 15) is 16.8 Å². The first-order valence-corrected chi connectivity index (χ1v) is 11.8. The van der Waals surface area contributed by atoms with Crippen LogP contribution < -0.4 is 4.72 Å². The number of rotatable bonds is 8. The minimum Gasteiger partial charge on any atom is -0.264 e. The number of benzene rings is 2. The van der Waals surface area contributed by atoms with Crippen LogP contribution >= 0.6 is 0 Å².